The van der Waals surface area contributed by atoms with Gasteiger partial charge in [0.2, 0.25) is 5.91 Å². The number of carbonyl (C=O) groups excluding carboxylic acids is 1. The lowest BCUT2D eigenvalue weighted by Gasteiger charge is -2.34. The predicted octanol–water partition coefficient (Wildman–Crippen LogP) is 1.83. The number of nitrogens with two attached hydrogens (primary N) is 1. The molecule has 1 amide bonds. The SMILES string of the molecule is CCNC1(C(N)=O)CCCC1CCOC(C)(C)C. The monoisotopic (exact) mass is 256 g/mol. The van der Waals surface area contributed by atoms with Crippen LogP contribution in [0.15, 0.2) is 0 Å². The first-order valence-corrected chi connectivity index (χ1v) is 7.00. The van der Waals surface area contributed by atoms with Crippen molar-refractivity contribution in [3.8, 4) is 0 Å². The minimum atomic E-state index is -0.504. The second-order valence-electron chi connectivity index (χ2n) is 6.20. The molecule has 0 saturated heterocycles. The zero-order chi connectivity index (χ0) is 13.8. The lowest BCUT2D eigenvalue weighted by molar-refractivity contribution is -0.126. The van der Waals surface area contributed by atoms with Gasteiger partial charge < -0.3 is 15.8 Å². The number of primary amides is 1. The van der Waals surface area contributed by atoms with E-state index in [0.29, 0.717) is 12.5 Å². The van der Waals surface area contributed by atoms with Gasteiger partial charge in [-0.1, -0.05) is 13.3 Å². The van der Waals surface area contributed by atoms with E-state index in [-0.39, 0.29) is 11.5 Å². The number of likely N-dealkylation sites (N-methyl/N-ethyl adjacent to an activating group) is 1. The minimum absolute atomic E-state index is 0.119. The van der Waals surface area contributed by atoms with Gasteiger partial charge in [-0.2, -0.15) is 0 Å². The average Bonchev–Trinajstić information content (AvgIpc) is 2.61. The quantitative estimate of drug-likeness (QED) is 0.762. The van der Waals surface area contributed by atoms with Crippen molar-refractivity contribution in [3.63, 3.8) is 0 Å². The highest BCUT2D eigenvalue weighted by atomic mass is 16.5. The van der Waals surface area contributed by atoms with E-state index in [4.69, 9.17) is 10.5 Å². The Morgan fingerprint density at radius 3 is 2.67 bits per heavy atom. The number of amides is 1. The largest absolute Gasteiger partial charge is 0.376 e. The van der Waals surface area contributed by atoms with Crippen LogP contribution in [0.25, 0.3) is 0 Å². The summed E-state index contributed by atoms with van der Waals surface area (Å²) >= 11 is 0. The first kappa shape index (κ1) is 15.4. The molecule has 1 aliphatic rings. The Balaban J connectivity index is 2.60. The van der Waals surface area contributed by atoms with Crippen molar-refractivity contribution in [2.45, 2.75) is 64.5 Å². The Bertz CT molecular complexity index is 286. The van der Waals surface area contributed by atoms with Crippen LogP contribution in [0, 0.1) is 5.92 Å². The third-order valence-electron chi connectivity index (χ3n) is 3.75. The average molecular weight is 256 g/mol. The summed E-state index contributed by atoms with van der Waals surface area (Å²) in [6.45, 7) is 9.63. The summed E-state index contributed by atoms with van der Waals surface area (Å²) < 4.78 is 5.76. The molecule has 0 spiro atoms. The predicted molar refractivity (Wildman–Crippen MR) is 73.3 cm³/mol. The molecule has 0 aromatic heterocycles. The molecule has 4 nitrogen and oxygen atoms in total. The maximum atomic E-state index is 11.8. The van der Waals surface area contributed by atoms with Crippen LogP contribution in [0.1, 0.15) is 53.4 Å². The number of carbonyl (C=O) groups is 1. The van der Waals surface area contributed by atoms with Crippen LogP contribution >= 0.6 is 0 Å². The second kappa shape index (κ2) is 6.02. The summed E-state index contributed by atoms with van der Waals surface area (Å²) in [6.07, 6.45) is 3.88. The van der Waals surface area contributed by atoms with Crippen molar-refractivity contribution in [2.24, 2.45) is 11.7 Å². The Morgan fingerprint density at radius 2 is 2.17 bits per heavy atom. The molecule has 1 aliphatic carbocycles. The van der Waals surface area contributed by atoms with Crippen LogP contribution < -0.4 is 11.1 Å². The van der Waals surface area contributed by atoms with Gasteiger partial charge in [-0.25, -0.2) is 0 Å². The van der Waals surface area contributed by atoms with E-state index in [1.807, 2.05) is 27.7 Å². The van der Waals surface area contributed by atoms with E-state index in [1.165, 1.54) is 0 Å². The van der Waals surface area contributed by atoms with E-state index in [2.05, 4.69) is 5.32 Å². The van der Waals surface area contributed by atoms with Crippen molar-refractivity contribution in [2.75, 3.05) is 13.2 Å². The normalized spacial score (nSPS) is 28.6. The molecule has 106 valence electrons. The molecule has 1 fully saturated rings. The summed E-state index contributed by atoms with van der Waals surface area (Å²) in [5.74, 6) is 0.0971. The van der Waals surface area contributed by atoms with E-state index in [9.17, 15) is 4.79 Å². The molecule has 4 heteroatoms. The molecule has 0 bridgehead atoms. The molecule has 18 heavy (non-hydrogen) atoms. The first-order chi connectivity index (χ1) is 8.32. The standard InChI is InChI=1S/C14H28N2O2/c1-5-16-14(12(15)17)9-6-7-11(14)8-10-18-13(2,3)4/h11,16H,5-10H2,1-4H3,(H2,15,17). The lowest BCUT2D eigenvalue weighted by Crippen LogP contribution is -2.58. The van der Waals surface area contributed by atoms with Crippen LogP contribution in [-0.4, -0.2) is 30.2 Å². The maximum absolute atomic E-state index is 11.8. The fourth-order valence-electron chi connectivity index (χ4n) is 2.94. The molecule has 0 aliphatic heterocycles. The molecular formula is C14H28N2O2. The molecule has 1 rings (SSSR count). The Labute approximate surface area is 111 Å². The molecule has 0 heterocycles. The van der Waals surface area contributed by atoms with Gasteiger partial charge >= 0.3 is 0 Å². The van der Waals surface area contributed by atoms with Crippen molar-refractivity contribution in [1.82, 2.24) is 5.32 Å². The van der Waals surface area contributed by atoms with Crippen LogP contribution in [0.3, 0.4) is 0 Å². The number of hydrogen-bond donors (Lipinski definition) is 2. The molecule has 2 unspecified atom stereocenters. The minimum Gasteiger partial charge on any atom is -0.376 e. The number of ether oxygens (including phenoxy) is 1. The second-order valence-corrected chi connectivity index (χ2v) is 6.20. The van der Waals surface area contributed by atoms with Crippen LogP contribution in [0.4, 0.5) is 0 Å². The van der Waals surface area contributed by atoms with Gasteiger partial charge in [0.05, 0.1) is 5.60 Å². The highest BCUT2D eigenvalue weighted by Crippen LogP contribution is 2.38. The van der Waals surface area contributed by atoms with Gasteiger partial charge in [-0.05, 0) is 52.5 Å². The Hall–Kier alpha value is -0.610. The maximum Gasteiger partial charge on any atom is 0.238 e. The van der Waals surface area contributed by atoms with Crippen molar-refractivity contribution in [1.29, 1.82) is 0 Å². The highest BCUT2D eigenvalue weighted by molar-refractivity contribution is 5.85. The fraction of sp³-hybridized carbons (Fsp3) is 0.929. The van der Waals surface area contributed by atoms with Crippen molar-refractivity contribution >= 4 is 5.91 Å². The number of nitrogens with one attached hydrogen (secondary N) is 1. The topological polar surface area (TPSA) is 64.3 Å². The smallest absolute Gasteiger partial charge is 0.238 e. The van der Waals surface area contributed by atoms with Gasteiger partial charge in [-0.15, -0.1) is 0 Å². The summed E-state index contributed by atoms with van der Waals surface area (Å²) in [4.78, 5) is 11.8. The van der Waals surface area contributed by atoms with Gasteiger partial charge in [0.25, 0.3) is 0 Å². The lowest BCUT2D eigenvalue weighted by atomic mass is 9.84. The van der Waals surface area contributed by atoms with Crippen molar-refractivity contribution in [3.05, 3.63) is 0 Å². The van der Waals surface area contributed by atoms with Gasteiger partial charge in [-0.3, -0.25) is 4.79 Å². The molecular weight excluding hydrogens is 228 g/mol. The summed E-state index contributed by atoms with van der Waals surface area (Å²) in [6, 6.07) is 0. The third-order valence-corrected chi connectivity index (χ3v) is 3.75. The third kappa shape index (κ3) is 3.69. The van der Waals surface area contributed by atoms with E-state index >= 15 is 0 Å². The fourth-order valence-corrected chi connectivity index (χ4v) is 2.94. The molecule has 0 aromatic carbocycles. The molecule has 2 atom stereocenters. The Morgan fingerprint density at radius 1 is 1.50 bits per heavy atom. The molecule has 3 N–H and O–H groups in total. The zero-order valence-corrected chi connectivity index (χ0v) is 12.2. The van der Waals surface area contributed by atoms with Gasteiger partial charge in [0.15, 0.2) is 0 Å². The highest BCUT2D eigenvalue weighted by Gasteiger charge is 2.46. The van der Waals surface area contributed by atoms with Gasteiger partial charge in [0, 0.05) is 6.61 Å². The van der Waals surface area contributed by atoms with Crippen LogP contribution in [0.5, 0.6) is 0 Å². The molecule has 0 aromatic rings. The zero-order valence-electron chi connectivity index (χ0n) is 12.2. The van der Waals surface area contributed by atoms with Crippen LogP contribution in [-0.2, 0) is 9.53 Å². The number of hydrogen-bond acceptors (Lipinski definition) is 3. The molecule has 1 saturated carbocycles. The Kier molecular flexibility index (Phi) is 5.17. The number of rotatable bonds is 6. The molecule has 0 radical (unpaired) electrons. The van der Waals surface area contributed by atoms with Crippen molar-refractivity contribution < 1.29 is 9.53 Å². The van der Waals surface area contributed by atoms with E-state index < -0.39 is 5.54 Å². The van der Waals surface area contributed by atoms with Gasteiger partial charge in [0.1, 0.15) is 5.54 Å². The summed E-state index contributed by atoms with van der Waals surface area (Å²) in [5, 5.41) is 3.33. The summed E-state index contributed by atoms with van der Waals surface area (Å²) in [5.41, 5.74) is 5.00. The van der Waals surface area contributed by atoms with E-state index in [1.54, 1.807) is 0 Å². The summed E-state index contributed by atoms with van der Waals surface area (Å²) in [7, 11) is 0. The van der Waals surface area contributed by atoms with E-state index in [0.717, 1.165) is 32.2 Å². The van der Waals surface area contributed by atoms with Crippen LogP contribution in [0.2, 0.25) is 0 Å². The first-order valence-electron chi connectivity index (χ1n) is 7.00.